The van der Waals surface area contributed by atoms with E-state index >= 15 is 0 Å². The van der Waals surface area contributed by atoms with E-state index in [4.69, 9.17) is 11.6 Å². The van der Waals surface area contributed by atoms with Gasteiger partial charge in [-0.05, 0) is 19.1 Å². The molecule has 4 nitrogen and oxygen atoms in total. The van der Waals surface area contributed by atoms with Crippen LogP contribution in [-0.4, -0.2) is 16.1 Å². The molecule has 94 valence electrons. The Morgan fingerprint density at radius 3 is 2.61 bits per heavy atom. The minimum atomic E-state index is -0.985. The van der Waals surface area contributed by atoms with Gasteiger partial charge in [-0.15, -0.1) is 11.3 Å². The molecule has 0 saturated heterocycles. The number of hydrogen-bond acceptors (Lipinski definition) is 4. The van der Waals surface area contributed by atoms with Gasteiger partial charge in [0.05, 0.1) is 6.20 Å². The van der Waals surface area contributed by atoms with E-state index in [-0.39, 0.29) is 0 Å². The van der Waals surface area contributed by atoms with Crippen LogP contribution in [0, 0.1) is 6.92 Å². The Hall–Kier alpha value is -1.59. The molecule has 0 aliphatic heterocycles. The number of nitrogens with one attached hydrogen (secondary N) is 1. The molecule has 2 N–H and O–H groups in total. The molecule has 0 aliphatic rings. The third-order valence-corrected chi connectivity index (χ3v) is 3.53. The Kier molecular flexibility index (Phi) is 3.84. The number of rotatable bonds is 4. The van der Waals surface area contributed by atoms with E-state index in [1.165, 1.54) is 6.20 Å². The summed E-state index contributed by atoms with van der Waals surface area (Å²) in [5.41, 5.74) is 1.85. The lowest BCUT2D eigenvalue weighted by molar-refractivity contribution is -0.138. The van der Waals surface area contributed by atoms with Gasteiger partial charge in [0.1, 0.15) is 9.34 Å². The summed E-state index contributed by atoms with van der Waals surface area (Å²) in [7, 11) is 0. The smallest absolute Gasteiger partial charge is 0.333 e. The summed E-state index contributed by atoms with van der Waals surface area (Å²) in [6, 6.07) is 6.61. The molecule has 0 saturated carbocycles. The number of aromatic nitrogens is 1. The number of carboxylic acid groups (broad SMARTS) is 1. The molecule has 0 spiro atoms. The van der Waals surface area contributed by atoms with E-state index in [9.17, 15) is 9.90 Å². The first kappa shape index (κ1) is 12.9. The maximum atomic E-state index is 11.2. The Morgan fingerprint density at radius 1 is 1.44 bits per heavy atom. The summed E-state index contributed by atoms with van der Waals surface area (Å²) in [6.07, 6.45) is 1.45. The average Bonchev–Trinajstić information content (AvgIpc) is 2.74. The molecule has 1 atom stereocenters. The lowest BCUT2D eigenvalue weighted by Gasteiger charge is -2.13. The molecular formula is C12H11ClN2O2S. The first-order chi connectivity index (χ1) is 8.56. The first-order valence-electron chi connectivity index (χ1n) is 5.23. The van der Waals surface area contributed by atoms with E-state index in [1.807, 2.05) is 31.2 Å². The highest BCUT2D eigenvalue weighted by atomic mass is 35.5. The van der Waals surface area contributed by atoms with Gasteiger partial charge in [-0.2, -0.15) is 0 Å². The van der Waals surface area contributed by atoms with Crippen LogP contribution < -0.4 is 5.32 Å². The van der Waals surface area contributed by atoms with Gasteiger partial charge in [-0.25, -0.2) is 9.78 Å². The minimum Gasteiger partial charge on any atom is -0.479 e. The SMILES string of the molecule is Cc1ccc(NC(C(=O)O)c2ncc(Cl)s2)cc1. The van der Waals surface area contributed by atoms with Gasteiger partial charge >= 0.3 is 5.97 Å². The predicted octanol–water partition coefficient (Wildman–Crippen LogP) is 3.34. The van der Waals surface area contributed by atoms with Crippen molar-refractivity contribution in [2.24, 2.45) is 0 Å². The minimum absolute atomic E-state index is 0.438. The fourth-order valence-electron chi connectivity index (χ4n) is 1.45. The molecule has 1 aromatic heterocycles. The molecule has 1 aromatic carbocycles. The number of thiazole rings is 1. The molecule has 2 aromatic rings. The number of aliphatic carboxylic acids is 1. The molecule has 0 aliphatic carbocycles. The van der Waals surface area contributed by atoms with Gasteiger partial charge in [0.15, 0.2) is 6.04 Å². The van der Waals surface area contributed by atoms with Gasteiger partial charge in [0.25, 0.3) is 0 Å². The highest BCUT2D eigenvalue weighted by Crippen LogP contribution is 2.27. The maximum absolute atomic E-state index is 11.2. The van der Waals surface area contributed by atoms with Crippen LogP contribution in [0.1, 0.15) is 16.6 Å². The molecule has 1 heterocycles. The summed E-state index contributed by atoms with van der Waals surface area (Å²) in [6.45, 7) is 1.97. The second-order valence-corrected chi connectivity index (χ2v) is 5.48. The van der Waals surface area contributed by atoms with Crippen molar-refractivity contribution in [2.75, 3.05) is 5.32 Å². The van der Waals surface area contributed by atoms with Crippen molar-refractivity contribution in [3.63, 3.8) is 0 Å². The topological polar surface area (TPSA) is 62.2 Å². The van der Waals surface area contributed by atoms with Crippen LogP contribution in [-0.2, 0) is 4.79 Å². The Morgan fingerprint density at radius 2 is 2.11 bits per heavy atom. The highest BCUT2D eigenvalue weighted by molar-refractivity contribution is 7.16. The van der Waals surface area contributed by atoms with E-state index in [0.29, 0.717) is 9.34 Å². The number of carboxylic acids is 1. The molecule has 0 amide bonds. The van der Waals surface area contributed by atoms with Crippen molar-refractivity contribution in [1.29, 1.82) is 0 Å². The molecular weight excluding hydrogens is 272 g/mol. The summed E-state index contributed by atoms with van der Waals surface area (Å²) in [4.78, 5) is 15.2. The highest BCUT2D eigenvalue weighted by Gasteiger charge is 2.23. The Balaban J connectivity index is 2.22. The van der Waals surface area contributed by atoms with Crippen LogP contribution in [0.5, 0.6) is 0 Å². The van der Waals surface area contributed by atoms with Crippen LogP contribution >= 0.6 is 22.9 Å². The van der Waals surface area contributed by atoms with Crippen molar-refractivity contribution < 1.29 is 9.90 Å². The van der Waals surface area contributed by atoms with E-state index in [2.05, 4.69) is 10.3 Å². The van der Waals surface area contributed by atoms with Crippen molar-refractivity contribution in [3.05, 3.63) is 45.4 Å². The summed E-state index contributed by atoms with van der Waals surface area (Å²) in [5, 5.41) is 12.6. The number of benzene rings is 1. The van der Waals surface area contributed by atoms with E-state index in [1.54, 1.807) is 0 Å². The van der Waals surface area contributed by atoms with Crippen LogP contribution in [0.2, 0.25) is 4.34 Å². The zero-order chi connectivity index (χ0) is 13.1. The Labute approximate surface area is 113 Å². The van der Waals surface area contributed by atoms with E-state index < -0.39 is 12.0 Å². The molecule has 0 radical (unpaired) electrons. The second-order valence-electron chi connectivity index (χ2n) is 3.78. The van der Waals surface area contributed by atoms with Crippen molar-refractivity contribution >= 4 is 34.6 Å². The van der Waals surface area contributed by atoms with Gasteiger partial charge in [0, 0.05) is 5.69 Å². The fourth-order valence-corrected chi connectivity index (χ4v) is 2.42. The quantitative estimate of drug-likeness (QED) is 0.903. The standard InChI is InChI=1S/C12H11ClN2O2S/c1-7-2-4-8(5-3-7)15-10(12(16)17)11-14-6-9(13)18-11/h2-6,10,15H,1H3,(H,16,17). The number of aryl methyl sites for hydroxylation is 1. The third kappa shape index (κ3) is 3.00. The summed E-state index contributed by atoms with van der Waals surface area (Å²) < 4.78 is 0.474. The molecule has 1 unspecified atom stereocenters. The molecule has 2 rings (SSSR count). The van der Waals surface area contributed by atoms with Crippen LogP contribution in [0.3, 0.4) is 0 Å². The number of hydrogen-bond donors (Lipinski definition) is 2. The number of halogens is 1. The van der Waals surface area contributed by atoms with Crippen molar-refractivity contribution in [3.8, 4) is 0 Å². The fraction of sp³-hybridized carbons (Fsp3) is 0.167. The van der Waals surface area contributed by atoms with Crippen LogP contribution in [0.25, 0.3) is 0 Å². The van der Waals surface area contributed by atoms with Gasteiger partial charge < -0.3 is 10.4 Å². The number of anilines is 1. The van der Waals surface area contributed by atoms with Crippen molar-refractivity contribution in [2.45, 2.75) is 13.0 Å². The Bertz CT molecular complexity index is 553. The predicted molar refractivity (Wildman–Crippen MR) is 72.3 cm³/mol. The van der Waals surface area contributed by atoms with Crippen LogP contribution in [0.4, 0.5) is 5.69 Å². The molecule has 6 heteroatoms. The van der Waals surface area contributed by atoms with Gasteiger partial charge in [0.2, 0.25) is 0 Å². The molecule has 18 heavy (non-hydrogen) atoms. The lowest BCUT2D eigenvalue weighted by Crippen LogP contribution is -2.20. The monoisotopic (exact) mass is 282 g/mol. The molecule has 0 fully saturated rings. The zero-order valence-electron chi connectivity index (χ0n) is 9.55. The van der Waals surface area contributed by atoms with Crippen molar-refractivity contribution in [1.82, 2.24) is 4.98 Å². The largest absolute Gasteiger partial charge is 0.479 e. The van der Waals surface area contributed by atoms with Gasteiger partial charge in [-0.3, -0.25) is 0 Å². The van der Waals surface area contributed by atoms with E-state index in [0.717, 1.165) is 22.6 Å². The van der Waals surface area contributed by atoms with Gasteiger partial charge in [-0.1, -0.05) is 29.3 Å². The van der Waals surface area contributed by atoms with Crippen LogP contribution in [0.15, 0.2) is 30.5 Å². The summed E-state index contributed by atoms with van der Waals surface area (Å²) >= 11 is 6.93. The number of nitrogens with zero attached hydrogens (tertiary/aromatic N) is 1. The normalized spacial score (nSPS) is 12.1. The maximum Gasteiger partial charge on any atom is 0.333 e. The second kappa shape index (κ2) is 5.37. The number of carbonyl (C=O) groups is 1. The average molecular weight is 283 g/mol. The first-order valence-corrected chi connectivity index (χ1v) is 6.43. The lowest BCUT2D eigenvalue weighted by atomic mass is 10.2. The molecule has 0 bridgehead atoms. The summed E-state index contributed by atoms with van der Waals surface area (Å²) in [5.74, 6) is -0.985. The third-order valence-electron chi connectivity index (χ3n) is 2.35. The zero-order valence-corrected chi connectivity index (χ0v) is 11.1.